The molecule has 0 saturated heterocycles. The number of aliphatic hydroxyl groups excluding tert-OH is 1. The molecule has 1 aromatic rings. The highest BCUT2D eigenvalue weighted by Gasteiger charge is 2.13. The minimum Gasteiger partial charge on any atom is -0.495 e. The smallest absolute Gasteiger partial charge is 0.135 e. The fourth-order valence-electron chi connectivity index (χ4n) is 1.62. The summed E-state index contributed by atoms with van der Waals surface area (Å²) in [5.74, 6) is 0.822. The van der Waals surface area contributed by atoms with Gasteiger partial charge in [0.1, 0.15) is 5.75 Å². The number of unbranched alkanes of at least 4 members (excludes halogenated alkanes) is 3. The van der Waals surface area contributed by atoms with E-state index < -0.39 is 0 Å². The van der Waals surface area contributed by atoms with Crippen LogP contribution >= 0.6 is 11.3 Å². The molecule has 1 N–H and O–H groups in total. The molecule has 1 heterocycles. The second-order valence-corrected chi connectivity index (χ2v) is 4.67. The van der Waals surface area contributed by atoms with Gasteiger partial charge in [0.2, 0.25) is 0 Å². The fourth-order valence-corrected chi connectivity index (χ4v) is 2.50. The minimum absolute atomic E-state index is 0.350. The summed E-state index contributed by atoms with van der Waals surface area (Å²) in [5.41, 5.74) is 0. The van der Waals surface area contributed by atoms with Crippen molar-refractivity contribution in [1.82, 2.24) is 0 Å². The molecule has 0 saturated carbocycles. The molecule has 1 aromatic heterocycles. The van der Waals surface area contributed by atoms with E-state index >= 15 is 0 Å². The Hall–Kier alpha value is -0.540. The SMILES string of the molecule is CCCCCCC(O)c1sccc1OC. The molecule has 15 heavy (non-hydrogen) atoms. The van der Waals surface area contributed by atoms with Crippen LogP contribution < -0.4 is 4.74 Å². The van der Waals surface area contributed by atoms with Crippen LogP contribution in [0.15, 0.2) is 11.4 Å². The Morgan fingerprint density at radius 2 is 2.20 bits per heavy atom. The summed E-state index contributed by atoms with van der Waals surface area (Å²) in [5, 5.41) is 11.9. The van der Waals surface area contributed by atoms with Crippen LogP contribution in [0.3, 0.4) is 0 Å². The van der Waals surface area contributed by atoms with Crippen LogP contribution in [0.2, 0.25) is 0 Å². The summed E-state index contributed by atoms with van der Waals surface area (Å²) >= 11 is 1.57. The maximum absolute atomic E-state index is 9.95. The highest BCUT2D eigenvalue weighted by Crippen LogP contribution is 2.33. The average molecular weight is 228 g/mol. The van der Waals surface area contributed by atoms with E-state index in [9.17, 15) is 5.11 Å². The second kappa shape index (κ2) is 6.85. The molecule has 1 atom stereocenters. The van der Waals surface area contributed by atoms with Gasteiger partial charge in [0.05, 0.1) is 18.1 Å². The van der Waals surface area contributed by atoms with E-state index in [4.69, 9.17) is 4.74 Å². The van der Waals surface area contributed by atoms with Gasteiger partial charge in [0.15, 0.2) is 0 Å². The Balaban J connectivity index is 2.36. The van der Waals surface area contributed by atoms with E-state index in [1.54, 1.807) is 18.4 Å². The van der Waals surface area contributed by atoms with Gasteiger partial charge in [-0.1, -0.05) is 32.6 Å². The van der Waals surface area contributed by atoms with E-state index in [2.05, 4.69) is 6.92 Å². The Kier molecular flexibility index (Phi) is 5.73. The number of aliphatic hydroxyl groups is 1. The van der Waals surface area contributed by atoms with Crippen LogP contribution in [0.4, 0.5) is 0 Å². The van der Waals surface area contributed by atoms with Gasteiger partial charge in [-0.15, -0.1) is 11.3 Å². The summed E-state index contributed by atoms with van der Waals surface area (Å²) in [7, 11) is 1.65. The molecule has 0 amide bonds. The molecule has 0 fully saturated rings. The van der Waals surface area contributed by atoms with Crippen molar-refractivity contribution < 1.29 is 9.84 Å². The molecule has 0 aromatic carbocycles. The average Bonchev–Trinajstić information content (AvgIpc) is 2.72. The molecule has 1 rings (SSSR count). The molecule has 0 spiro atoms. The predicted molar refractivity (Wildman–Crippen MR) is 64.6 cm³/mol. The monoisotopic (exact) mass is 228 g/mol. The number of hydrogen-bond donors (Lipinski definition) is 1. The van der Waals surface area contributed by atoms with Crippen LogP contribution in [0, 0.1) is 0 Å². The molecule has 0 radical (unpaired) electrons. The zero-order chi connectivity index (χ0) is 11.1. The number of rotatable bonds is 7. The van der Waals surface area contributed by atoms with E-state index in [-0.39, 0.29) is 6.10 Å². The fraction of sp³-hybridized carbons (Fsp3) is 0.667. The quantitative estimate of drug-likeness (QED) is 0.720. The Morgan fingerprint density at radius 3 is 2.87 bits per heavy atom. The third-order valence-corrected chi connectivity index (χ3v) is 3.51. The van der Waals surface area contributed by atoms with Crippen LogP contribution in [0.25, 0.3) is 0 Å². The van der Waals surface area contributed by atoms with E-state index in [1.165, 1.54) is 19.3 Å². The zero-order valence-electron chi connectivity index (χ0n) is 9.53. The van der Waals surface area contributed by atoms with Crippen molar-refractivity contribution in [1.29, 1.82) is 0 Å². The summed E-state index contributed by atoms with van der Waals surface area (Å²) in [6.07, 6.45) is 5.29. The van der Waals surface area contributed by atoms with Crippen molar-refractivity contribution in [2.24, 2.45) is 0 Å². The van der Waals surface area contributed by atoms with Crippen molar-refractivity contribution in [3.8, 4) is 5.75 Å². The highest BCUT2D eigenvalue weighted by molar-refractivity contribution is 7.10. The van der Waals surface area contributed by atoms with Gasteiger partial charge in [0, 0.05) is 0 Å². The molecule has 2 nitrogen and oxygen atoms in total. The van der Waals surface area contributed by atoms with E-state index in [0.29, 0.717) is 0 Å². The van der Waals surface area contributed by atoms with Gasteiger partial charge >= 0.3 is 0 Å². The minimum atomic E-state index is -0.350. The standard InChI is InChI=1S/C12H20O2S/c1-3-4-5-6-7-10(13)12-11(14-2)8-9-15-12/h8-10,13H,3-7H2,1-2H3. The lowest BCUT2D eigenvalue weighted by molar-refractivity contribution is 0.163. The van der Waals surface area contributed by atoms with E-state index in [0.717, 1.165) is 23.5 Å². The third kappa shape index (κ3) is 3.84. The Morgan fingerprint density at radius 1 is 1.40 bits per heavy atom. The van der Waals surface area contributed by atoms with Crippen molar-refractivity contribution >= 4 is 11.3 Å². The van der Waals surface area contributed by atoms with E-state index in [1.807, 2.05) is 11.4 Å². The maximum atomic E-state index is 9.95. The topological polar surface area (TPSA) is 29.5 Å². The Bertz CT molecular complexity index is 270. The van der Waals surface area contributed by atoms with Gasteiger partial charge in [0.25, 0.3) is 0 Å². The summed E-state index contributed by atoms with van der Waals surface area (Å²) < 4.78 is 5.18. The maximum Gasteiger partial charge on any atom is 0.135 e. The highest BCUT2D eigenvalue weighted by atomic mass is 32.1. The summed E-state index contributed by atoms with van der Waals surface area (Å²) in [4.78, 5) is 0.967. The number of hydrogen-bond acceptors (Lipinski definition) is 3. The first kappa shape index (κ1) is 12.5. The molecule has 86 valence electrons. The van der Waals surface area contributed by atoms with Crippen molar-refractivity contribution in [3.05, 3.63) is 16.3 Å². The summed E-state index contributed by atoms with van der Waals surface area (Å²) in [6.45, 7) is 2.19. The lowest BCUT2D eigenvalue weighted by Gasteiger charge is -2.10. The molecule has 0 bridgehead atoms. The van der Waals surface area contributed by atoms with Crippen molar-refractivity contribution in [2.75, 3.05) is 7.11 Å². The van der Waals surface area contributed by atoms with Crippen molar-refractivity contribution in [3.63, 3.8) is 0 Å². The first-order valence-electron chi connectivity index (χ1n) is 5.59. The lowest BCUT2D eigenvalue weighted by Crippen LogP contribution is -1.97. The first-order valence-corrected chi connectivity index (χ1v) is 6.47. The second-order valence-electron chi connectivity index (χ2n) is 3.72. The number of methoxy groups -OCH3 is 1. The van der Waals surface area contributed by atoms with Crippen molar-refractivity contribution in [2.45, 2.75) is 45.1 Å². The normalized spacial score (nSPS) is 12.7. The molecule has 0 aliphatic carbocycles. The van der Waals surface area contributed by atoms with Gasteiger partial charge in [-0.2, -0.15) is 0 Å². The number of thiophene rings is 1. The van der Waals surface area contributed by atoms with Gasteiger partial charge in [-0.3, -0.25) is 0 Å². The van der Waals surface area contributed by atoms with Crippen LogP contribution in [0.5, 0.6) is 5.75 Å². The predicted octanol–water partition coefficient (Wildman–Crippen LogP) is 3.76. The molecule has 0 aliphatic heterocycles. The number of ether oxygens (including phenoxy) is 1. The zero-order valence-corrected chi connectivity index (χ0v) is 10.3. The van der Waals surface area contributed by atoms with Crippen LogP contribution in [0.1, 0.15) is 50.0 Å². The molecular weight excluding hydrogens is 208 g/mol. The summed E-state index contributed by atoms with van der Waals surface area (Å²) in [6, 6.07) is 1.91. The molecule has 1 unspecified atom stereocenters. The van der Waals surface area contributed by atoms with Crippen LogP contribution in [-0.2, 0) is 0 Å². The Labute approximate surface area is 95.9 Å². The van der Waals surface area contributed by atoms with Gasteiger partial charge in [-0.25, -0.2) is 0 Å². The van der Waals surface area contributed by atoms with Gasteiger partial charge in [-0.05, 0) is 17.9 Å². The lowest BCUT2D eigenvalue weighted by atomic mass is 10.1. The van der Waals surface area contributed by atoms with Gasteiger partial charge < -0.3 is 9.84 Å². The van der Waals surface area contributed by atoms with Crippen LogP contribution in [-0.4, -0.2) is 12.2 Å². The largest absolute Gasteiger partial charge is 0.495 e. The molecular formula is C12H20O2S. The third-order valence-electron chi connectivity index (χ3n) is 2.51. The first-order chi connectivity index (χ1) is 7.29. The molecule has 0 aliphatic rings. The molecule has 3 heteroatoms.